The molecule has 0 spiro atoms. The van der Waals surface area contributed by atoms with Crippen molar-refractivity contribution < 1.29 is 23.8 Å². The minimum Gasteiger partial charge on any atom is -0.410 e. The summed E-state index contributed by atoms with van der Waals surface area (Å²) in [5, 5.41) is 9.69. The van der Waals surface area contributed by atoms with Gasteiger partial charge in [-0.05, 0) is 48.9 Å². The van der Waals surface area contributed by atoms with Crippen LogP contribution in [0.3, 0.4) is 0 Å². The van der Waals surface area contributed by atoms with Crippen LogP contribution in [0.2, 0.25) is 0 Å². The third kappa shape index (κ3) is 5.25. The molecule has 3 heterocycles. The summed E-state index contributed by atoms with van der Waals surface area (Å²) in [7, 11) is 0. The fraction of sp³-hybridized carbons (Fsp3) is 0.476. The number of aliphatic hydroxyl groups is 1. The van der Waals surface area contributed by atoms with Gasteiger partial charge >= 0.3 is 6.09 Å². The number of hydrogen-bond donors (Lipinski definition) is 1. The number of aliphatic imine (C=N–C) groups is 1. The van der Waals surface area contributed by atoms with Crippen LogP contribution in [-0.4, -0.2) is 89.4 Å². The monoisotopic (exact) mass is 448 g/mol. The molecule has 0 aliphatic carbocycles. The number of carbonyl (C=O) groups excluding carboxylic acids is 2. The van der Waals surface area contributed by atoms with Crippen LogP contribution in [0, 0.1) is 5.82 Å². The topological polar surface area (TPSA) is 85.7 Å². The Balaban J connectivity index is 1.46. The number of carbonyl (C=O) groups is 2. The van der Waals surface area contributed by atoms with E-state index in [4.69, 9.17) is 9.84 Å². The molecule has 0 atom stereocenters. The minimum atomic E-state index is -0.482. The highest BCUT2D eigenvalue weighted by molar-refractivity contribution is 8.18. The van der Waals surface area contributed by atoms with Gasteiger partial charge in [-0.1, -0.05) is 0 Å². The van der Waals surface area contributed by atoms with E-state index in [-0.39, 0.29) is 18.3 Å². The number of likely N-dealkylation sites (tertiary alicyclic amines) is 1. The van der Waals surface area contributed by atoms with Gasteiger partial charge in [-0.2, -0.15) is 4.99 Å². The summed E-state index contributed by atoms with van der Waals surface area (Å²) in [6, 6.07) is 3.88. The fourth-order valence-corrected chi connectivity index (χ4v) is 4.72. The van der Waals surface area contributed by atoms with Gasteiger partial charge in [0, 0.05) is 51.4 Å². The Hall–Kier alpha value is -2.43. The second-order valence-electron chi connectivity index (χ2n) is 7.61. The number of ether oxygens (including phenoxy) is 1. The van der Waals surface area contributed by atoms with E-state index >= 15 is 0 Å². The molecule has 2 saturated heterocycles. The summed E-state index contributed by atoms with van der Waals surface area (Å²) >= 11 is 1.24. The Labute approximate surface area is 184 Å². The third-order valence-electron chi connectivity index (χ3n) is 5.49. The molecule has 0 radical (unpaired) electrons. The summed E-state index contributed by atoms with van der Waals surface area (Å²) in [5.41, 5.74) is 0.326. The van der Waals surface area contributed by atoms with Crippen molar-refractivity contribution in [3.05, 3.63) is 34.5 Å². The van der Waals surface area contributed by atoms with Crippen LogP contribution in [0.4, 0.5) is 9.18 Å². The molecule has 1 N–H and O–H groups in total. The second-order valence-corrected chi connectivity index (χ2v) is 8.62. The number of β-amino-alcohol motifs (C(OH)–C–C–N with tert-alkyl or cyclic N) is 1. The van der Waals surface area contributed by atoms with Crippen LogP contribution < -0.4 is 4.74 Å². The highest BCUT2D eigenvalue weighted by atomic mass is 32.2. The number of thioether (sulfide) groups is 1. The molecule has 2 fully saturated rings. The quantitative estimate of drug-likeness (QED) is 0.705. The number of amides is 2. The van der Waals surface area contributed by atoms with Gasteiger partial charge in [0.15, 0.2) is 5.17 Å². The molecule has 4 rings (SSSR count). The lowest BCUT2D eigenvalue weighted by Gasteiger charge is -2.34. The Bertz CT molecular complexity index is 909. The molecule has 3 aliphatic rings. The smallest absolute Gasteiger partial charge is 0.410 e. The fourth-order valence-electron chi connectivity index (χ4n) is 3.76. The summed E-state index contributed by atoms with van der Waals surface area (Å²) in [6.45, 7) is 5.05. The van der Waals surface area contributed by atoms with E-state index in [1.54, 1.807) is 4.90 Å². The van der Waals surface area contributed by atoms with Crippen LogP contribution in [0.1, 0.15) is 18.4 Å². The lowest BCUT2D eigenvalue weighted by Crippen LogP contribution is -2.48. The number of rotatable bonds is 4. The van der Waals surface area contributed by atoms with Crippen molar-refractivity contribution >= 4 is 35.0 Å². The van der Waals surface area contributed by atoms with Crippen molar-refractivity contribution in [2.45, 2.75) is 12.8 Å². The standard InChI is InChI=1S/C21H25FN4O4S/c22-16-3-4-17(30-21(29)26-5-1-2-6-26)15(13-16)14-18-19(28)23-20(31-18)25-9-7-24(8-10-25)11-12-27/h3-4,13-14,27H,1-2,5-12H2/b18-14-. The average Bonchev–Trinajstić information content (AvgIpc) is 3.41. The van der Waals surface area contributed by atoms with Crippen molar-refractivity contribution in [2.24, 2.45) is 4.99 Å². The third-order valence-corrected chi connectivity index (χ3v) is 6.53. The first-order chi connectivity index (χ1) is 15.0. The molecule has 1 aromatic rings. The molecular formula is C21H25FN4O4S. The van der Waals surface area contributed by atoms with E-state index in [9.17, 15) is 14.0 Å². The van der Waals surface area contributed by atoms with Gasteiger partial charge in [0.05, 0.1) is 11.5 Å². The summed E-state index contributed by atoms with van der Waals surface area (Å²) in [5.74, 6) is -0.659. The van der Waals surface area contributed by atoms with E-state index in [1.807, 2.05) is 4.90 Å². The highest BCUT2D eigenvalue weighted by Gasteiger charge is 2.29. The van der Waals surface area contributed by atoms with Gasteiger partial charge in [0.25, 0.3) is 5.91 Å². The maximum Gasteiger partial charge on any atom is 0.415 e. The molecule has 166 valence electrons. The molecule has 0 bridgehead atoms. The maximum absolute atomic E-state index is 13.9. The van der Waals surface area contributed by atoms with Crippen molar-refractivity contribution in [3.63, 3.8) is 0 Å². The lowest BCUT2D eigenvalue weighted by molar-refractivity contribution is -0.113. The number of piperazine rings is 1. The predicted octanol–water partition coefficient (Wildman–Crippen LogP) is 2.00. The zero-order chi connectivity index (χ0) is 21.8. The predicted molar refractivity (Wildman–Crippen MR) is 116 cm³/mol. The van der Waals surface area contributed by atoms with Gasteiger partial charge in [-0.3, -0.25) is 9.69 Å². The molecule has 31 heavy (non-hydrogen) atoms. The van der Waals surface area contributed by atoms with E-state index in [2.05, 4.69) is 9.89 Å². The number of aliphatic hydroxyl groups excluding tert-OH is 1. The van der Waals surface area contributed by atoms with E-state index in [1.165, 1.54) is 36.0 Å². The second kappa shape index (κ2) is 9.80. The molecule has 0 aromatic heterocycles. The van der Waals surface area contributed by atoms with Gasteiger partial charge in [-0.25, -0.2) is 9.18 Å². The Morgan fingerprint density at radius 3 is 2.65 bits per heavy atom. The Morgan fingerprint density at radius 2 is 1.94 bits per heavy atom. The van der Waals surface area contributed by atoms with Crippen LogP contribution in [0.5, 0.6) is 5.75 Å². The number of nitrogens with zero attached hydrogens (tertiary/aromatic N) is 4. The van der Waals surface area contributed by atoms with Crippen molar-refractivity contribution in [1.82, 2.24) is 14.7 Å². The molecule has 1 aromatic carbocycles. The van der Waals surface area contributed by atoms with E-state index in [0.717, 1.165) is 25.9 Å². The van der Waals surface area contributed by atoms with Crippen molar-refractivity contribution in [1.29, 1.82) is 0 Å². The zero-order valence-corrected chi connectivity index (χ0v) is 17.9. The molecule has 0 unspecified atom stereocenters. The normalized spacial score (nSPS) is 21.2. The molecule has 10 heteroatoms. The van der Waals surface area contributed by atoms with Gasteiger partial charge in [0.1, 0.15) is 11.6 Å². The lowest BCUT2D eigenvalue weighted by atomic mass is 10.2. The summed E-state index contributed by atoms with van der Waals surface area (Å²) < 4.78 is 19.4. The number of amidine groups is 1. The first kappa shape index (κ1) is 21.8. The largest absolute Gasteiger partial charge is 0.415 e. The number of benzene rings is 1. The van der Waals surface area contributed by atoms with Crippen LogP contribution in [0.25, 0.3) is 6.08 Å². The number of hydrogen-bond acceptors (Lipinski definition) is 7. The van der Waals surface area contributed by atoms with Crippen LogP contribution in [-0.2, 0) is 4.79 Å². The van der Waals surface area contributed by atoms with Crippen LogP contribution >= 0.6 is 11.8 Å². The molecule has 2 amide bonds. The Kier molecular flexibility index (Phi) is 6.89. The van der Waals surface area contributed by atoms with Crippen molar-refractivity contribution in [3.8, 4) is 5.75 Å². The average molecular weight is 449 g/mol. The summed E-state index contributed by atoms with van der Waals surface area (Å²) in [6.07, 6.45) is 2.94. The Morgan fingerprint density at radius 1 is 1.19 bits per heavy atom. The summed E-state index contributed by atoms with van der Waals surface area (Å²) in [4.78, 5) is 35.2. The molecular weight excluding hydrogens is 423 g/mol. The minimum absolute atomic E-state index is 0.124. The van der Waals surface area contributed by atoms with Crippen LogP contribution in [0.15, 0.2) is 28.1 Å². The van der Waals surface area contributed by atoms with Gasteiger partial charge in [0.2, 0.25) is 0 Å². The first-order valence-corrected chi connectivity index (χ1v) is 11.2. The first-order valence-electron chi connectivity index (χ1n) is 10.4. The zero-order valence-electron chi connectivity index (χ0n) is 17.1. The van der Waals surface area contributed by atoms with Gasteiger partial charge in [-0.15, -0.1) is 0 Å². The SMILES string of the molecule is O=C1N=C(N2CCN(CCO)CC2)S/C1=C\c1cc(F)ccc1OC(=O)N1CCCC1. The van der Waals surface area contributed by atoms with E-state index in [0.29, 0.717) is 48.4 Å². The highest BCUT2D eigenvalue weighted by Crippen LogP contribution is 2.33. The maximum atomic E-state index is 13.9. The van der Waals surface area contributed by atoms with Crippen molar-refractivity contribution in [2.75, 3.05) is 52.4 Å². The number of halogens is 1. The van der Waals surface area contributed by atoms with E-state index < -0.39 is 11.9 Å². The molecule has 8 nitrogen and oxygen atoms in total. The van der Waals surface area contributed by atoms with Gasteiger partial charge < -0.3 is 19.6 Å². The molecule has 0 saturated carbocycles. The molecule has 3 aliphatic heterocycles.